The number of aromatic nitrogens is 1. The van der Waals surface area contributed by atoms with E-state index >= 15 is 0 Å². The van der Waals surface area contributed by atoms with E-state index in [0.29, 0.717) is 5.76 Å². The van der Waals surface area contributed by atoms with Crippen LogP contribution in [0.1, 0.15) is 57.1 Å². The monoisotopic (exact) mass is 463 g/mol. The molecule has 0 aliphatic carbocycles. The largest absolute Gasteiger partial charge is 0.482 e. The molecule has 1 N–H and O–H groups in total. The van der Waals surface area contributed by atoms with Crippen LogP contribution in [0.5, 0.6) is 0 Å². The number of ether oxygens (including phenoxy) is 1. The molecule has 0 atom stereocenters. The van der Waals surface area contributed by atoms with Gasteiger partial charge in [-0.25, -0.2) is 9.78 Å². The van der Waals surface area contributed by atoms with Crippen LogP contribution in [-0.4, -0.2) is 22.7 Å². The van der Waals surface area contributed by atoms with Crippen LogP contribution in [0.3, 0.4) is 0 Å². The normalized spacial score (nSPS) is 11.8. The van der Waals surface area contributed by atoms with Crippen molar-refractivity contribution in [1.82, 2.24) is 4.98 Å². The number of aryl methyl sites for hydroxylation is 1. The minimum absolute atomic E-state index is 0.382. The minimum Gasteiger partial charge on any atom is -0.482 e. The number of nitrogens with zero attached hydrogens (tertiary/aromatic N) is 1. The summed E-state index contributed by atoms with van der Waals surface area (Å²) in [6, 6.07) is 0. The Morgan fingerprint density at radius 3 is 2.32 bits per heavy atom. The van der Waals surface area contributed by atoms with Crippen molar-refractivity contribution in [3.8, 4) is 0 Å². The van der Waals surface area contributed by atoms with Crippen LogP contribution in [0.25, 0.3) is 5.57 Å². The first-order valence-corrected chi connectivity index (χ1v) is 12.1. The van der Waals surface area contributed by atoms with Gasteiger partial charge in [0.05, 0.1) is 5.69 Å². The number of allylic oxidation sites excluding steroid dienone is 9. The topological polar surface area (TPSA) is 59.4 Å². The lowest BCUT2D eigenvalue weighted by molar-refractivity contribution is -0.140. The molecule has 0 spiro atoms. The molecular weight excluding hydrogens is 426 g/mol. The SMILES string of the molecule is C=C/C(=C\C=C(/C)SCc1sc(/C(C=C)=C/C=C\C)nc1C)OCC(=O)O.CC.CC. The van der Waals surface area contributed by atoms with Crippen molar-refractivity contribution in [2.75, 3.05) is 6.61 Å². The first-order valence-electron chi connectivity index (χ1n) is 10.3. The molecule has 0 saturated carbocycles. The zero-order chi connectivity index (χ0) is 24.2. The third-order valence-corrected chi connectivity index (χ3v) is 5.72. The van der Waals surface area contributed by atoms with Crippen molar-refractivity contribution < 1.29 is 14.6 Å². The van der Waals surface area contributed by atoms with Gasteiger partial charge in [-0.15, -0.1) is 23.1 Å². The van der Waals surface area contributed by atoms with Gasteiger partial charge in [-0.3, -0.25) is 0 Å². The van der Waals surface area contributed by atoms with E-state index in [1.807, 2.05) is 78.8 Å². The first-order chi connectivity index (χ1) is 14.9. The highest BCUT2D eigenvalue weighted by atomic mass is 32.2. The lowest BCUT2D eigenvalue weighted by Crippen LogP contribution is -2.05. The molecule has 0 unspecified atom stereocenters. The van der Waals surface area contributed by atoms with Gasteiger partial charge in [-0.2, -0.15) is 0 Å². The molecule has 6 heteroatoms. The van der Waals surface area contributed by atoms with Crippen LogP contribution < -0.4 is 0 Å². The number of hydrogen-bond donors (Lipinski definition) is 1. The van der Waals surface area contributed by atoms with Crippen LogP contribution in [0.15, 0.2) is 66.4 Å². The molecule has 0 aliphatic rings. The van der Waals surface area contributed by atoms with Crippen molar-refractivity contribution in [2.24, 2.45) is 0 Å². The highest BCUT2D eigenvalue weighted by Gasteiger charge is 2.10. The summed E-state index contributed by atoms with van der Waals surface area (Å²) in [4.78, 5) is 17.5. The fourth-order valence-electron chi connectivity index (χ4n) is 1.86. The van der Waals surface area contributed by atoms with Gasteiger partial charge in [-0.05, 0) is 43.9 Å². The Morgan fingerprint density at radius 2 is 1.81 bits per heavy atom. The Bertz CT molecular complexity index is 800. The van der Waals surface area contributed by atoms with E-state index in [-0.39, 0.29) is 6.61 Å². The maximum Gasteiger partial charge on any atom is 0.341 e. The summed E-state index contributed by atoms with van der Waals surface area (Å²) in [5, 5.41) is 9.62. The van der Waals surface area contributed by atoms with Crippen LogP contribution in [0.4, 0.5) is 0 Å². The molecule has 4 nitrogen and oxygen atoms in total. The summed E-state index contributed by atoms with van der Waals surface area (Å²) in [6.45, 7) is 21.1. The van der Waals surface area contributed by atoms with Gasteiger partial charge < -0.3 is 9.84 Å². The number of carboxylic acid groups (broad SMARTS) is 1. The Balaban J connectivity index is 0. The zero-order valence-electron chi connectivity index (χ0n) is 19.9. The number of rotatable bonds is 11. The summed E-state index contributed by atoms with van der Waals surface area (Å²) in [5.41, 5.74) is 2.04. The summed E-state index contributed by atoms with van der Waals surface area (Å²) < 4.78 is 5.12. The van der Waals surface area contributed by atoms with E-state index in [9.17, 15) is 4.79 Å². The molecular formula is C25H37NO3S2. The maximum atomic E-state index is 10.6. The molecule has 0 aromatic carbocycles. The van der Waals surface area contributed by atoms with Gasteiger partial charge in [-0.1, -0.05) is 65.2 Å². The lowest BCUT2D eigenvalue weighted by Gasteiger charge is -2.03. The van der Waals surface area contributed by atoms with Crippen molar-refractivity contribution in [2.45, 2.75) is 54.2 Å². The van der Waals surface area contributed by atoms with Crippen molar-refractivity contribution >= 4 is 34.6 Å². The summed E-state index contributed by atoms with van der Waals surface area (Å²) >= 11 is 3.36. The summed E-state index contributed by atoms with van der Waals surface area (Å²) in [7, 11) is 0. The first kappa shape index (κ1) is 30.9. The van der Waals surface area contributed by atoms with Crippen molar-refractivity contribution in [3.63, 3.8) is 0 Å². The van der Waals surface area contributed by atoms with Crippen LogP contribution in [0.2, 0.25) is 0 Å². The highest BCUT2D eigenvalue weighted by molar-refractivity contribution is 8.02. The van der Waals surface area contributed by atoms with E-state index in [2.05, 4.69) is 18.1 Å². The molecule has 0 saturated heterocycles. The second kappa shape index (κ2) is 19.6. The molecule has 0 radical (unpaired) electrons. The van der Waals surface area contributed by atoms with Gasteiger partial charge in [0, 0.05) is 16.2 Å². The molecule has 172 valence electrons. The second-order valence-corrected chi connectivity index (χ2v) is 7.71. The molecule has 1 rings (SSSR count). The zero-order valence-corrected chi connectivity index (χ0v) is 21.5. The third kappa shape index (κ3) is 13.6. The van der Waals surface area contributed by atoms with Crippen LogP contribution in [0, 0.1) is 6.92 Å². The Morgan fingerprint density at radius 1 is 1.16 bits per heavy atom. The van der Waals surface area contributed by atoms with E-state index in [0.717, 1.165) is 26.9 Å². The Labute approximate surface area is 196 Å². The number of carbonyl (C=O) groups is 1. The van der Waals surface area contributed by atoms with E-state index in [1.54, 1.807) is 29.2 Å². The Kier molecular flexibility index (Phi) is 19.6. The smallest absolute Gasteiger partial charge is 0.341 e. The van der Waals surface area contributed by atoms with Gasteiger partial charge in [0.15, 0.2) is 6.61 Å². The Hall–Kier alpha value is -2.31. The molecule has 1 heterocycles. The van der Waals surface area contributed by atoms with Crippen LogP contribution in [-0.2, 0) is 15.3 Å². The van der Waals surface area contributed by atoms with Gasteiger partial charge in [0.1, 0.15) is 10.8 Å². The molecule has 0 amide bonds. The van der Waals surface area contributed by atoms with Crippen molar-refractivity contribution in [1.29, 1.82) is 0 Å². The molecule has 31 heavy (non-hydrogen) atoms. The number of thiazole rings is 1. The van der Waals surface area contributed by atoms with E-state index in [4.69, 9.17) is 9.84 Å². The highest BCUT2D eigenvalue weighted by Crippen LogP contribution is 2.30. The molecule has 1 aromatic heterocycles. The van der Waals surface area contributed by atoms with Gasteiger partial charge >= 0.3 is 5.97 Å². The number of carboxylic acids is 1. The van der Waals surface area contributed by atoms with E-state index < -0.39 is 5.97 Å². The summed E-state index contributed by atoms with van der Waals surface area (Å²) in [6.07, 6.45) is 12.9. The third-order valence-electron chi connectivity index (χ3n) is 3.30. The van der Waals surface area contributed by atoms with Crippen molar-refractivity contribution in [3.05, 3.63) is 81.9 Å². The standard InChI is InChI=1S/C21H25NO3S2.2C2H6/c1-6-9-10-17(7-2)21-22-16(5)19(27-21)14-26-15(4)11-12-18(8-3)25-13-20(23)24;2*1-2/h6-12H,2-3,13-14H2,1,4-5H3,(H,23,24);2*1-2H3/b9-6-,15-11+,17-10+,18-12+;;. The minimum atomic E-state index is -1.02. The van der Waals surface area contributed by atoms with Gasteiger partial charge in [0.2, 0.25) is 0 Å². The maximum absolute atomic E-state index is 10.6. The molecule has 0 bridgehead atoms. The molecule has 0 fully saturated rings. The predicted molar refractivity (Wildman–Crippen MR) is 139 cm³/mol. The predicted octanol–water partition coefficient (Wildman–Crippen LogP) is 7.96. The number of hydrogen-bond acceptors (Lipinski definition) is 5. The quantitative estimate of drug-likeness (QED) is 0.266. The van der Waals surface area contributed by atoms with Gasteiger partial charge in [0.25, 0.3) is 0 Å². The number of thioether (sulfide) groups is 1. The lowest BCUT2D eigenvalue weighted by atomic mass is 10.2. The molecule has 1 aromatic rings. The summed E-state index contributed by atoms with van der Waals surface area (Å²) in [5.74, 6) is 0.225. The fraction of sp³-hybridized carbons (Fsp3) is 0.360. The van der Waals surface area contributed by atoms with Crippen LogP contribution >= 0.6 is 23.1 Å². The average Bonchev–Trinajstić information content (AvgIpc) is 3.15. The number of aliphatic carboxylic acids is 1. The molecule has 0 aliphatic heterocycles. The second-order valence-electron chi connectivity index (χ2n) is 5.40. The average molecular weight is 464 g/mol. The fourth-order valence-corrected chi connectivity index (χ4v) is 3.88. The van der Waals surface area contributed by atoms with E-state index in [1.165, 1.54) is 11.0 Å².